The third-order valence-electron chi connectivity index (χ3n) is 2.59. The van der Waals surface area contributed by atoms with Crippen molar-refractivity contribution >= 4 is 34.8 Å². The van der Waals surface area contributed by atoms with Gasteiger partial charge in [-0.1, -0.05) is 12.1 Å². The second-order valence-electron chi connectivity index (χ2n) is 3.97. The van der Waals surface area contributed by atoms with E-state index < -0.39 is 10.9 Å². The highest BCUT2D eigenvalue weighted by molar-refractivity contribution is 7.99. The summed E-state index contributed by atoms with van der Waals surface area (Å²) in [7, 11) is 0. The molecular weight excluding hydrogens is 298 g/mol. The minimum Gasteiger partial charge on any atom is -0.477 e. The summed E-state index contributed by atoms with van der Waals surface area (Å²) >= 11 is 2.79. The van der Waals surface area contributed by atoms with Gasteiger partial charge >= 0.3 is 5.97 Å². The summed E-state index contributed by atoms with van der Waals surface area (Å²) in [4.78, 5) is 22.1. The maximum Gasteiger partial charge on any atom is 0.345 e. The molecule has 1 aromatic carbocycles. The topological polar surface area (TPSA) is 80.4 Å². The van der Waals surface area contributed by atoms with Crippen molar-refractivity contribution in [3.05, 3.63) is 56.3 Å². The van der Waals surface area contributed by atoms with E-state index in [1.54, 1.807) is 30.0 Å². The monoisotopic (exact) mass is 309 g/mol. The number of thioether (sulfide) groups is 1. The van der Waals surface area contributed by atoms with Gasteiger partial charge in [-0.15, -0.1) is 23.1 Å². The number of benzene rings is 1. The fourth-order valence-corrected chi connectivity index (χ4v) is 3.45. The number of non-ortho nitro benzene ring substituents is 1. The molecule has 0 radical (unpaired) electrons. The number of carbonyl (C=O) groups is 1. The molecule has 0 amide bonds. The molecule has 0 saturated heterocycles. The smallest absolute Gasteiger partial charge is 0.345 e. The van der Waals surface area contributed by atoms with Crippen LogP contribution in [0.4, 0.5) is 5.69 Å². The molecule has 0 spiro atoms. The van der Waals surface area contributed by atoms with Crippen molar-refractivity contribution in [2.75, 3.05) is 5.75 Å². The first-order chi connectivity index (χ1) is 9.56. The summed E-state index contributed by atoms with van der Waals surface area (Å²) < 4.78 is 0. The van der Waals surface area contributed by atoms with Gasteiger partial charge in [0.25, 0.3) is 5.69 Å². The van der Waals surface area contributed by atoms with Crippen LogP contribution in [0.5, 0.6) is 0 Å². The molecule has 1 N–H and O–H groups in total. The van der Waals surface area contributed by atoms with E-state index in [0.717, 1.165) is 22.6 Å². The molecule has 0 fully saturated rings. The fourth-order valence-electron chi connectivity index (χ4n) is 1.58. The van der Waals surface area contributed by atoms with Crippen LogP contribution in [-0.2, 0) is 6.42 Å². The van der Waals surface area contributed by atoms with Crippen molar-refractivity contribution in [3.8, 4) is 0 Å². The molecular formula is C13H11NO4S2. The summed E-state index contributed by atoms with van der Waals surface area (Å²) in [5.41, 5.74) is 1.11. The molecule has 0 atom stereocenters. The molecule has 1 aromatic heterocycles. The van der Waals surface area contributed by atoms with Crippen molar-refractivity contribution in [3.63, 3.8) is 0 Å². The number of nitro groups is 1. The largest absolute Gasteiger partial charge is 0.477 e. The van der Waals surface area contributed by atoms with Crippen LogP contribution in [0.25, 0.3) is 0 Å². The Balaban J connectivity index is 1.85. The maximum atomic E-state index is 10.7. The van der Waals surface area contributed by atoms with Crippen molar-refractivity contribution in [1.29, 1.82) is 0 Å². The van der Waals surface area contributed by atoms with Crippen LogP contribution in [0.3, 0.4) is 0 Å². The molecule has 7 heteroatoms. The standard InChI is InChI=1S/C13H11NO4S2/c15-13(16)12-7-11(8-20-12)19-6-5-9-1-3-10(4-2-9)14(17)18/h1-4,7-8H,5-6H2,(H,15,16). The van der Waals surface area contributed by atoms with E-state index in [2.05, 4.69) is 0 Å². The quantitative estimate of drug-likeness (QED) is 0.500. The summed E-state index contributed by atoms with van der Waals surface area (Å²) in [5, 5.41) is 21.2. The number of rotatable bonds is 6. The maximum absolute atomic E-state index is 10.7. The van der Waals surface area contributed by atoms with Gasteiger partial charge in [-0.3, -0.25) is 10.1 Å². The molecule has 0 unspecified atom stereocenters. The fraction of sp³-hybridized carbons (Fsp3) is 0.154. The molecule has 0 aliphatic carbocycles. The first-order valence-electron chi connectivity index (χ1n) is 5.74. The average molecular weight is 309 g/mol. The predicted molar refractivity (Wildman–Crippen MR) is 78.8 cm³/mol. The first-order valence-corrected chi connectivity index (χ1v) is 7.61. The molecule has 5 nitrogen and oxygen atoms in total. The Morgan fingerprint density at radius 3 is 2.60 bits per heavy atom. The minimum atomic E-state index is -0.905. The van der Waals surface area contributed by atoms with Gasteiger partial charge in [0.1, 0.15) is 4.88 Å². The minimum absolute atomic E-state index is 0.0883. The van der Waals surface area contributed by atoms with Crippen LogP contribution in [0.15, 0.2) is 40.6 Å². The first kappa shape index (κ1) is 14.5. The highest BCUT2D eigenvalue weighted by Crippen LogP contribution is 2.25. The normalized spacial score (nSPS) is 10.4. The summed E-state index contributed by atoms with van der Waals surface area (Å²) in [6.45, 7) is 0. The lowest BCUT2D eigenvalue weighted by Gasteiger charge is -2.00. The number of hydrogen-bond acceptors (Lipinski definition) is 5. The number of aryl methyl sites for hydroxylation is 1. The van der Waals surface area contributed by atoms with Crippen LogP contribution in [0.2, 0.25) is 0 Å². The molecule has 0 bridgehead atoms. The van der Waals surface area contributed by atoms with E-state index in [9.17, 15) is 14.9 Å². The molecule has 0 saturated carbocycles. The Labute approximate surface area is 123 Å². The Hall–Kier alpha value is -1.86. The highest BCUT2D eigenvalue weighted by atomic mass is 32.2. The third kappa shape index (κ3) is 3.82. The Morgan fingerprint density at radius 2 is 2.05 bits per heavy atom. The predicted octanol–water partition coefficient (Wildman–Crippen LogP) is 3.69. The Kier molecular flexibility index (Phi) is 4.75. The van der Waals surface area contributed by atoms with E-state index in [4.69, 9.17) is 5.11 Å². The molecule has 0 aliphatic rings. The molecule has 2 aromatic rings. The zero-order valence-corrected chi connectivity index (χ0v) is 11.9. The van der Waals surface area contributed by atoms with Gasteiger partial charge in [-0.05, 0) is 18.1 Å². The second kappa shape index (κ2) is 6.53. The van der Waals surface area contributed by atoms with Crippen molar-refractivity contribution < 1.29 is 14.8 Å². The van der Waals surface area contributed by atoms with Gasteiger partial charge in [0.05, 0.1) is 4.92 Å². The number of carboxylic acids is 1. The molecule has 104 valence electrons. The van der Waals surface area contributed by atoms with Gasteiger partial charge < -0.3 is 5.11 Å². The lowest BCUT2D eigenvalue weighted by atomic mass is 10.1. The number of aromatic carboxylic acids is 1. The van der Waals surface area contributed by atoms with Gasteiger partial charge in [0.15, 0.2) is 0 Å². The van der Waals surface area contributed by atoms with Gasteiger partial charge in [0.2, 0.25) is 0 Å². The summed E-state index contributed by atoms with van der Waals surface area (Å²) in [5.74, 6) is -0.106. The van der Waals surface area contributed by atoms with Crippen LogP contribution >= 0.6 is 23.1 Å². The van der Waals surface area contributed by atoms with Crippen LogP contribution in [0.1, 0.15) is 15.2 Å². The number of nitro benzene ring substituents is 1. The van der Waals surface area contributed by atoms with E-state index >= 15 is 0 Å². The highest BCUT2D eigenvalue weighted by Gasteiger charge is 2.07. The molecule has 1 heterocycles. The number of hydrogen-bond donors (Lipinski definition) is 1. The Morgan fingerprint density at radius 1 is 1.35 bits per heavy atom. The lowest BCUT2D eigenvalue weighted by Crippen LogP contribution is -1.91. The zero-order valence-electron chi connectivity index (χ0n) is 10.3. The molecule has 20 heavy (non-hydrogen) atoms. The van der Waals surface area contributed by atoms with E-state index in [-0.39, 0.29) is 5.69 Å². The van der Waals surface area contributed by atoms with Gasteiger partial charge in [0, 0.05) is 28.2 Å². The summed E-state index contributed by atoms with van der Waals surface area (Å²) in [6.07, 6.45) is 0.779. The SMILES string of the molecule is O=C(O)c1cc(SCCc2ccc([N+](=O)[O-])cc2)cs1. The number of thiophene rings is 1. The Bertz CT molecular complexity index is 622. The van der Waals surface area contributed by atoms with E-state index in [0.29, 0.717) is 4.88 Å². The molecule has 0 aliphatic heterocycles. The van der Waals surface area contributed by atoms with E-state index in [1.807, 2.05) is 5.38 Å². The lowest BCUT2D eigenvalue weighted by molar-refractivity contribution is -0.384. The molecule has 2 rings (SSSR count). The van der Waals surface area contributed by atoms with Crippen molar-refractivity contribution in [2.24, 2.45) is 0 Å². The second-order valence-corrected chi connectivity index (χ2v) is 6.05. The summed E-state index contributed by atoms with van der Waals surface area (Å²) in [6, 6.07) is 8.14. The van der Waals surface area contributed by atoms with Crippen LogP contribution in [0, 0.1) is 10.1 Å². The van der Waals surface area contributed by atoms with Crippen LogP contribution < -0.4 is 0 Å². The van der Waals surface area contributed by atoms with Crippen molar-refractivity contribution in [2.45, 2.75) is 11.3 Å². The van der Waals surface area contributed by atoms with E-state index in [1.165, 1.54) is 23.5 Å². The number of carboxylic acid groups (broad SMARTS) is 1. The van der Waals surface area contributed by atoms with Crippen LogP contribution in [-0.4, -0.2) is 21.8 Å². The van der Waals surface area contributed by atoms with Gasteiger partial charge in [-0.2, -0.15) is 0 Å². The number of nitrogens with zero attached hydrogens (tertiary/aromatic N) is 1. The van der Waals surface area contributed by atoms with Crippen molar-refractivity contribution in [1.82, 2.24) is 0 Å². The zero-order chi connectivity index (χ0) is 14.5. The third-order valence-corrected chi connectivity index (χ3v) is 4.64. The average Bonchev–Trinajstić information content (AvgIpc) is 2.88. The van der Waals surface area contributed by atoms with Gasteiger partial charge in [-0.25, -0.2) is 4.79 Å².